The molecule has 0 unspecified atom stereocenters. The standard InChI is InChI=1S/C21H22ClN3O3S.ClH/c1-16-13-18(25(2)29(26,27)21-6-4-3-5-20(21)22)15-19(14-16)28-12-11-24-17-7-9-23-10-8-17;/h3-10,13-15H,11-12H2,1-2H3,(H,23,24);1H. The lowest BCUT2D eigenvalue weighted by molar-refractivity contribution is 0.333. The predicted molar refractivity (Wildman–Crippen MR) is 124 cm³/mol. The van der Waals surface area contributed by atoms with Gasteiger partial charge in [0.15, 0.2) is 0 Å². The molecule has 0 bridgehead atoms. The molecule has 1 heterocycles. The molecule has 0 saturated heterocycles. The van der Waals surface area contributed by atoms with Gasteiger partial charge in [-0.15, -0.1) is 12.4 Å². The van der Waals surface area contributed by atoms with E-state index in [1.54, 1.807) is 42.7 Å². The highest BCUT2D eigenvalue weighted by atomic mass is 35.5. The Bertz CT molecular complexity index is 1080. The van der Waals surface area contributed by atoms with Gasteiger partial charge in [-0.2, -0.15) is 0 Å². The Morgan fingerprint density at radius 3 is 2.50 bits per heavy atom. The Morgan fingerprint density at radius 2 is 1.80 bits per heavy atom. The fourth-order valence-corrected chi connectivity index (χ4v) is 4.44. The van der Waals surface area contributed by atoms with Crippen molar-refractivity contribution >= 4 is 45.4 Å². The molecule has 0 aliphatic rings. The molecule has 160 valence electrons. The zero-order valence-corrected chi connectivity index (χ0v) is 19.0. The summed E-state index contributed by atoms with van der Waals surface area (Å²) < 4.78 is 33.0. The molecule has 0 amide bonds. The van der Waals surface area contributed by atoms with Crippen LogP contribution in [-0.4, -0.2) is 33.6 Å². The quantitative estimate of drug-likeness (QED) is 0.482. The number of ether oxygens (including phenoxy) is 1. The van der Waals surface area contributed by atoms with E-state index in [4.69, 9.17) is 16.3 Å². The third-order valence-electron chi connectivity index (χ3n) is 4.25. The lowest BCUT2D eigenvalue weighted by Crippen LogP contribution is -2.27. The number of hydrogen-bond donors (Lipinski definition) is 1. The van der Waals surface area contributed by atoms with Crippen LogP contribution in [-0.2, 0) is 10.0 Å². The van der Waals surface area contributed by atoms with Crippen LogP contribution in [0.1, 0.15) is 5.56 Å². The lowest BCUT2D eigenvalue weighted by atomic mass is 10.2. The Hall–Kier alpha value is -2.48. The molecule has 0 radical (unpaired) electrons. The van der Waals surface area contributed by atoms with Crippen LogP contribution in [0.3, 0.4) is 0 Å². The molecule has 3 aromatic rings. The zero-order chi connectivity index (χ0) is 20.9. The topological polar surface area (TPSA) is 71.5 Å². The number of rotatable bonds is 8. The van der Waals surface area contributed by atoms with E-state index >= 15 is 0 Å². The second kappa shape index (κ2) is 10.5. The number of hydrogen-bond acceptors (Lipinski definition) is 5. The normalized spacial score (nSPS) is 10.8. The molecule has 1 aromatic heterocycles. The molecule has 0 aliphatic heterocycles. The van der Waals surface area contributed by atoms with E-state index in [0.29, 0.717) is 24.6 Å². The summed E-state index contributed by atoms with van der Waals surface area (Å²) in [6.45, 7) is 2.91. The molecule has 0 aliphatic carbocycles. The molecule has 2 aromatic carbocycles. The van der Waals surface area contributed by atoms with Crippen molar-refractivity contribution in [2.75, 3.05) is 29.8 Å². The zero-order valence-electron chi connectivity index (χ0n) is 16.6. The van der Waals surface area contributed by atoms with Gasteiger partial charge < -0.3 is 10.1 Å². The Kier molecular flexibility index (Phi) is 8.34. The van der Waals surface area contributed by atoms with Crippen LogP contribution in [0.4, 0.5) is 11.4 Å². The second-order valence-electron chi connectivity index (χ2n) is 6.42. The highest BCUT2D eigenvalue weighted by Gasteiger charge is 2.24. The number of anilines is 2. The minimum atomic E-state index is -3.79. The van der Waals surface area contributed by atoms with Crippen molar-refractivity contribution in [3.63, 3.8) is 0 Å². The van der Waals surface area contributed by atoms with Crippen LogP contribution in [0.2, 0.25) is 5.02 Å². The highest BCUT2D eigenvalue weighted by Crippen LogP contribution is 2.30. The summed E-state index contributed by atoms with van der Waals surface area (Å²) >= 11 is 6.10. The summed E-state index contributed by atoms with van der Waals surface area (Å²) in [5, 5.41) is 3.42. The van der Waals surface area contributed by atoms with Crippen molar-refractivity contribution in [1.29, 1.82) is 0 Å². The van der Waals surface area contributed by atoms with E-state index in [2.05, 4.69) is 10.3 Å². The minimum absolute atomic E-state index is 0. The highest BCUT2D eigenvalue weighted by molar-refractivity contribution is 7.93. The summed E-state index contributed by atoms with van der Waals surface area (Å²) in [5.41, 5.74) is 2.35. The third kappa shape index (κ3) is 5.78. The minimum Gasteiger partial charge on any atom is -0.492 e. The maximum absolute atomic E-state index is 13.0. The fraction of sp³-hybridized carbons (Fsp3) is 0.190. The number of nitrogens with zero attached hydrogens (tertiary/aromatic N) is 2. The van der Waals surface area contributed by atoms with Gasteiger partial charge in [0.2, 0.25) is 0 Å². The largest absolute Gasteiger partial charge is 0.492 e. The van der Waals surface area contributed by atoms with Gasteiger partial charge in [0.05, 0.1) is 10.7 Å². The molecule has 9 heteroatoms. The number of benzene rings is 2. The molecular weight excluding hydrogens is 445 g/mol. The monoisotopic (exact) mass is 467 g/mol. The van der Waals surface area contributed by atoms with Crippen LogP contribution in [0.15, 0.2) is 71.9 Å². The summed E-state index contributed by atoms with van der Waals surface area (Å²) in [4.78, 5) is 4.04. The molecule has 1 N–H and O–H groups in total. The van der Waals surface area contributed by atoms with Gasteiger partial charge >= 0.3 is 0 Å². The van der Waals surface area contributed by atoms with E-state index in [9.17, 15) is 8.42 Å². The van der Waals surface area contributed by atoms with Crippen LogP contribution >= 0.6 is 24.0 Å². The molecule has 0 saturated carbocycles. The summed E-state index contributed by atoms with van der Waals surface area (Å²) in [7, 11) is -2.29. The van der Waals surface area contributed by atoms with Gasteiger partial charge in [-0.05, 0) is 48.9 Å². The van der Waals surface area contributed by atoms with Crippen LogP contribution < -0.4 is 14.4 Å². The second-order valence-corrected chi connectivity index (χ2v) is 8.76. The van der Waals surface area contributed by atoms with Crippen molar-refractivity contribution in [2.45, 2.75) is 11.8 Å². The van der Waals surface area contributed by atoms with Crippen molar-refractivity contribution in [3.8, 4) is 5.75 Å². The number of halogens is 2. The average molecular weight is 468 g/mol. The van der Waals surface area contributed by atoms with Crippen LogP contribution in [0, 0.1) is 6.92 Å². The maximum atomic E-state index is 13.0. The van der Waals surface area contributed by atoms with E-state index < -0.39 is 10.0 Å². The van der Waals surface area contributed by atoms with Gasteiger partial charge in [-0.25, -0.2) is 8.42 Å². The number of aromatic nitrogens is 1. The Morgan fingerprint density at radius 1 is 1.10 bits per heavy atom. The van der Waals surface area contributed by atoms with E-state index in [0.717, 1.165) is 11.3 Å². The predicted octanol–water partition coefficient (Wildman–Crippen LogP) is 4.78. The van der Waals surface area contributed by atoms with Crippen LogP contribution in [0.5, 0.6) is 5.75 Å². The van der Waals surface area contributed by atoms with Crippen molar-refractivity contribution < 1.29 is 13.2 Å². The molecule has 30 heavy (non-hydrogen) atoms. The first-order valence-electron chi connectivity index (χ1n) is 9.00. The van der Waals surface area contributed by atoms with Crippen LogP contribution in [0.25, 0.3) is 0 Å². The van der Waals surface area contributed by atoms with Gasteiger partial charge in [0.1, 0.15) is 17.3 Å². The first-order valence-corrected chi connectivity index (χ1v) is 10.8. The van der Waals surface area contributed by atoms with E-state index in [1.165, 1.54) is 17.4 Å². The third-order valence-corrected chi connectivity index (χ3v) is 6.54. The molecule has 0 atom stereocenters. The molecule has 3 rings (SSSR count). The van der Waals surface area contributed by atoms with Crippen molar-refractivity contribution in [2.24, 2.45) is 0 Å². The van der Waals surface area contributed by atoms with E-state index in [-0.39, 0.29) is 22.3 Å². The SMILES string of the molecule is Cc1cc(OCCNc2ccncc2)cc(N(C)S(=O)(=O)c2ccccc2Cl)c1.Cl. The molecule has 6 nitrogen and oxygen atoms in total. The average Bonchev–Trinajstić information content (AvgIpc) is 2.71. The first-order chi connectivity index (χ1) is 13.9. The Labute approximate surface area is 188 Å². The maximum Gasteiger partial charge on any atom is 0.265 e. The van der Waals surface area contributed by atoms with Gasteiger partial charge in [-0.1, -0.05) is 23.7 Å². The molecular formula is C21H23Cl2N3O3S. The summed E-state index contributed by atoms with van der Waals surface area (Å²) in [6, 6.07) is 15.5. The van der Waals surface area contributed by atoms with Gasteiger partial charge in [0.25, 0.3) is 10.0 Å². The Balaban J connectivity index is 0.00000320. The van der Waals surface area contributed by atoms with Crippen molar-refractivity contribution in [3.05, 3.63) is 77.6 Å². The summed E-state index contributed by atoms with van der Waals surface area (Å²) in [5.74, 6) is 0.595. The molecule has 0 fully saturated rings. The van der Waals surface area contributed by atoms with Gasteiger partial charge in [-0.3, -0.25) is 9.29 Å². The molecule has 0 spiro atoms. The number of aryl methyl sites for hydroxylation is 1. The van der Waals surface area contributed by atoms with Crippen molar-refractivity contribution in [1.82, 2.24) is 4.98 Å². The fourth-order valence-electron chi connectivity index (χ4n) is 2.77. The number of sulfonamides is 1. The van der Waals surface area contributed by atoms with Gasteiger partial charge in [0, 0.05) is 37.7 Å². The number of nitrogens with one attached hydrogen (secondary N) is 1. The lowest BCUT2D eigenvalue weighted by Gasteiger charge is -2.21. The first kappa shape index (κ1) is 23.8. The van der Waals surface area contributed by atoms with E-state index in [1.807, 2.05) is 25.1 Å². The smallest absolute Gasteiger partial charge is 0.265 e. The summed E-state index contributed by atoms with van der Waals surface area (Å²) in [6.07, 6.45) is 3.43. The number of pyridine rings is 1.